The van der Waals surface area contributed by atoms with E-state index in [-0.39, 0.29) is 12.2 Å². The third-order valence-corrected chi connectivity index (χ3v) is 6.74. The molecule has 1 aromatic carbocycles. The van der Waals surface area contributed by atoms with Gasteiger partial charge in [-0.25, -0.2) is 0 Å². The van der Waals surface area contributed by atoms with Crippen molar-refractivity contribution in [1.82, 2.24) is 0 Å². The van der Waals surface area contributed by atoms with Gasteiger partial charge in [-0.05, 0) is 82.9 Å². The molecule has 0 bridgehead atoms. The number of allylic oxidation sites excluding steroid dienone is 2. The number of rotatable bonds is 10. The highest BCUT2D eigenvalue weighted by atomic mass is 16.9. The highest BCUT2D eigenvalue weighted by Crippen LogP contribution is 2.52. The van der Waals surface area contributed by atoms with Crippen LogP contribution in [0.25, 0.3) is 0 Å². The Hall–Kier alpha value is -2.04. The van der Waals surface area contributed by atoms with Crippen LogP contribution < -0.4 is 4.74 Å². The van der Waals surface area contributed by atoms with Crippen LogP contribution in [0.3, 0.4) is 0 Å². The van der Waals surface area contributed by atoms with Crippen LogP contribution in [0.4, 0.5) is 0 Å². The molecule has 1 heterocycles. The number of aryl methyl sites for hydroxylation is 2. The number of unbranched alkanes of at least 4 members (excludes halogenated alkanes) is 3. The third kappa shape index (κ3) is 5.35. The molecule has 0 aromatic heterocycles. The molecule has 0 saturated heterocycles. The van der Waals surface area contributed by atoms with Crippen molar-refractivity contribution in [2.24, 2.45) is 5.92 Å². The van der Waals surface area contributed by atoms with E-state index in [2.05, 4.69) is 50.7 Å². The molecular formula is C25H37NO4. The minimum Gasteiger partial charge on any atom is -0.487 e. The van der Waals surface area contributed by atoms with Crippen molar-refractivity contribution in [1.29, 1.82) is 0 Å². The van der Waals surface area contributed by atoms with Gasteiger partial charge in [0.1, 0.15) is 11.4 Å². The molecule has 30 heavy (non-hydrogen) atoms. The normalized spacial score (nSPS) is 21.8. The Morgan fingerprint density at radius 2 is 1.97 bits per heavy atom. The van der Waals surface area contributed by atoms with E-state index in [9.17, 15) is 10.1 Å². The maximum Gasteiger partial charge on any atom is 0.294 e. The second-order valence-corrected chi connectivity index (χ2v) is 9.53. The first-order chi connectivity index (χ1) is 14.3. The molecule has 2 aliphatic rings. The smallest absolute Gasteiger partial charge is 0.294 e. The topological polar surface area (TPSA) is 61.6 Å². The summed E-state index contributed by atoms with van der Waals surface area (Å²) < 4.78 is 6.63. The first-order valence-corrected chi connectivity index (χ1v) is 11.6. The second kappa shape index (κ2) is 9.84. The van der Waals surface area contributed by atoms with E-state index in [1.807, 2.05) is 0 Å². The molecule has 0 unspecified atom stereocenters. The van der Waals surface area contributed by atoms with Crippen molar-refractivity contribution in [3.05, 3.63) is 50.6 Å². The fraction of sp³-hybridized carbons (Fsp3) is 0.680. The highest BCUT2D eigenvalue weighted by molar-refractivity contribution is 5.51. The Morgan fingerprint density at radius 3 is 2.70 bits per heavy atom. The molecule has 1 aromatic rings. The lowest BCUT2D eigenvalue weighted by Gasteiger charge is -2.47. The molecule has 2 atom stereocenters. The lowest BCUT2D eigenvalue weighted by atomic mass is 9.67. The Morgan fingerprint density at radius 1 is 1.20 bits per heavy atom. The summed E-state index contributed by atoms with van der Waals surface area (Å²) in [4.78, 5) is 14.9. The summed E-state index contributed by atoms with van der Waals surface area (Å²) in [6.45, 7) is 9.11. The van der Waals surface area contributed by atoms with E-state index in [0.717, 1.165) is 37.9 Å². The molecule has 1 aliphatic carbocycles. The van der Waals surface area contributed by atoms with Crippen LogP contribution in [0.5, 0.6) is 5.75 Å². The fourth-order valence-electron chi connectivity index (χ4n) is 5.19. The molecule has 5 heteroatoms. The van der Waals surface area contributed by atoms with Gasteiger partial charge in [0, 0.05) is 17.4 Å². The second-order valence-electron chi connectivity index (χ2n) is 9.53. The number of fused-ring (bicyclic) bond motifs is 3. The van der Waals surface area contributed by atoms with Crippen LogP contribution in [-0.4, -0.2) is 17.3 Å². The van der Waals surface area contributed by atoms with Crippen molar-refractivity contribution in [2.45, 2.75) is 97.0 Å². The van der Waals surface area contributed by atoms with Gasteiger partial charge in [0.05, 0.1) is 6.61 Å². The lowest BCUT2D eigenvalue weighted by molar-refractivity contribution is -0.757. The van der Waals surface area contributed by atoms with Gasteiger partial charge in [0.2, 0.25) is 0 Å². The Kier molecular flexibility index (Phi) is 7.43. The average Bonchev–Trinajstić information content (AvgIpc) is 2.66. The van der Waals surface area contributed by atoms with Gasteiger partial charge >= 0.3 is 0 Å². The van der Waals surface area contributed by atoms with Crippen LogP contribution in [-0.2, 0) is 17.7 Å². The minimum absolute atomic E-state index is 0.167. The van der Waals surface area contributed by atoms with Gasteiger partial charge in [0.15, 0.2) is 0 Å². The van der Waals surface area contributed by atoms with E-state index in [1.165, 1.54) is 41.5 Å². The first-order valence-electron chi connectivity index (χ1n) is 11.6. The third-order valence-electron chi connectivity index (χ3n) is 6.74. The van der Waals surface area contributed by atoms with E-state index in [4.69, 9.17) is 4.74 Å². The van der Waals surface area contributed by atoms with Crippen molar-refractivity contribution >= 4 is 0 Å². The van der Waals surface area contributed by atoms with Gasteiger partial charge in [0.25, 0.3) is 5.09 Å². The SMILES string of the molecule is CCCCCc1cc(CCCCO[N+](=O)[O-])c2c(c1)OC(C)(C)[C@@H]1CCC(C)=C[C@@H]21. The average molecular weight is 416 g/mol. The van der Waals surface area contributed by atoms with Gasteiger partial charge in [-0.2, -0.15) is 0 Å². The van der Waals surface area contributed by atoms with Gasteiger partial charge in [-0.15, -0.1) is 10.1 Å². The quantitative estimate of drug-likeness (QED) is 0.188. The molecular weight excluding hydrogens is 378 g/mol. The number of hydrogen-bond acceptors (Lipinski definition) is 4. The van der Waals surface area contributed by atoms with Gasteiger partial charge in [-0.1, -0.05) is 37.5 Å². The summed E-state index contributed by atoms with van der Waals surface area (Å²) in [5.41, 5.74) is 5.36. The molecule has 0 saturated carbocycles. The fourth-order valence-corrected chi connectivity index (χ4v) is 5.19. The van der Waals surface area contributed by atoms with Crippen molar-refractivity contribution in [3.8, 4) is 5.75 Å². The molecule has 0 N–H and O–H groups in total. The standard InChI is InChI=1S/C25H37NO4/c1-5-6-7-10-19-16-20(11-8-9-14-29-26(27)28)24-21-15-18(2)12-13-22(21)25(3,4)30-23(24)17-19/h15-17,21-22H,5-14H2,1-4H3/t21-,22-/m1/s1. The Bertz CT molecular complexity index is 784. The molecule has 0 spiro atoms. The van der Waals surface area contributed by atoms with Crippen LogP contribution in [0.2, 0.25) is 0 Å². The molecule has 5 nitrogen and oxygen atoms in total. The van der Waals surface area contributed by atoms with E-state index in [0.29, 0.717) is 18.3 Å². The molecule has 166 valence electrons. The van der Waals surface area contributed by atoms with Gasteiger partial charge in [-0.3, -0.25) is 0 Å². The summed E-state index contributed by atoms with van der Waals surface area (Å²) in [6, 6.07) is 4.65. The maximum absolute atomic E-state index is 10.4. The number of ether oxygens (including phenoxy) is 1. The summed E-state index contributed by atoms with van der Waals surface area (Å²) in [5, 5.41) is 9.70. The highest BCUT2D eigenvalue weighted by Gasteiger charge is 2.44. The monoisotopic (exact) mass is 415 g/mol. The molecule has 0 fully saturated rings. The zero-order valence-electron chi connectivity index (χ0n) is 19.0. The zero-order chi connectivity index (χ0) is 21.7. The molecule has 1 aliphatic heterocycles. The zero-order valence-corrected chi connectivity index (χ0v) is 19.0. The minimum atomic E-state index is -0.702. The predicted octanol–water partition coefficient (Wildman–Crippen LogP) is 6.56. The summed E-state index contributed by atoms with van der Waals surface area (Å²) in [5.74, 6) is 1.93. The summed E-state index contributed by atoms with van der Waals surface area (Å²) >= 11 is 0. The molecule has 0 amide bonds. The summed E-state index contributed by atoms with van der Waals surface area (Å²) in [6.07, 6.45) is 12.0. The van der Waals surface area contributed by atoms with Crippen LogP contribution in [0.1, 0.15) is 95.2 Å². The van der Waals surface area contributed by atoms with Crippen molar-refractivity contribution in [2.75, 3.05) is 6.61 Å². The number of benzene rings is 1. The van der Waals surface area contributed by atoms with E-state index in [1.54, 1.807) is 0 Å². The van der Waals surface area contributed by atoms with Gasteiger partial charge < -0.3 is 9.57 Å². The van der Waals surface area contributed by atoms with Crippen molar-refractivity contribution in [3.63, 3.8) is 0 Å². The summed E-state index contributed by atoms with van der Waals surface area (Å²) in [7, 11) is 0. The largest absolute Gasteiger partial charge is 0.487 e. The first kappa shape index (κ1) is 22.6. The van der Waals surface area contributed by atoms with Crippen molar-refractivity contribution < 1.29 is 14.7 Å². The van der Waals surface area contributed by atoms with E-state index >= 15 is 0 Å². The molecule has 0 radical (unpaired) electrons. The number of hydrogen-bond donors (Lipinski definition) is 0. The van der Waals surface area contributed by atoms with Crippen LogP contribution in [0, 0.1) is 16.0 Å². The molecule has 3 rings (SSSR count). The van der Waals surface area contributed by atoms with Crippen LogP contribution in [0.15, 0.2) is 23.8 Å². The number of nitrogens with zero attached hydrogens (tertiary/aromatic N) is 1. The maximum atomic E-state index is 10.4. The lowest BCUT2D eigenvalue weighted by Crippen LogP contribution is -2.45. The van der Waals surface area contributed by atoms with E-state index < -0.39 is 5.09 Å². The Labute approximate surface area is 180 Å². The van der Waals surface area contributed by atoms with Crippen LogP contribution >= 0.6 is 0 Å². The Balaban J connectivity index is 1.90. The predicted molar refractivity (Wildman–Crippen MR) is 119 cm³/mol.